The van der Waals surface area contributed by atoms with Gasteiger partial charge in [0.2, 0.25) is 0 Å². The SMILES string of the molecule is CCC(C)NN=C(C)CC(C)C. The Morgan fingerprint density at radius 2 is 1.92 bits per heavy atom. The van der Waals surface area contributed by atoms with Crippen molar-refractivity contribution in [3.63, 3.8) is 0 Å². The second kappa shape index (κ2) is 6.04. The zero-order valence-corrected chi connectivity index (χ0v) is 9.02. The molecule has 0 aromatic rings. The summed E-state index contributed by atoms with van der Waals surface area (Å²) in [7, 11) is 0. The first-order valence-corrected chi connectivity index (χ1v) is 4.85. The van der Waals surface area contributed by atoms with E-state index in [0.29, 0.717) is 12.0 Å². The van der Waals surface area contributed by atoms with Crippen molar-refractivity contribution >= 4 is 5.71 Å². The van der Waals surface area contributed by atoms with Crippen molar-refractivity contribution in [1.29, 1.82) is 0 Å². The number of hydrazone groups is 1. The monoisotopic (exact) mass is 170 g/mol. The fraction of sp³-hybridized carbons (Fsp3) is 0.900. The predicted molar refractivity (Wildman–Crippen MR) is 55.5 cm³/mol. The Bertz CT molecular complexity index is 139. The summed E-state index contributed by atoms with van der Waals surface area (Å²) in [5.74, 6) is 0.701. The quantitative estimate of drug-likeness (QED) is 0.498. The molecule has 1 unspecified atom stereocenters. The van der Waals surface area contributed by atoms with Gasteiger partial charge in [-0.15, -0.1) is 0 Å². The third-order valence-corrected chi connectivity index (χ3v) is 1.79. The highest BCUT2D eigenvalue weighted by Crippen LogP contribution is 2.00. The molecule has 0 radical (unpaired) electrons. The van der Waals surface area contributed by atoms with Crippen LogP contribution in [0.4, 0.5) is 0 Å². The number of rotatable bonds is 5. The topological polar surface area (TPSA) is 24.4 Å². The van der Waals surface area contributed by atoms with Crippen LogP contribution in [0.25, 0.3) is 0 Å². The number of nitrogens with zero attached hydrogens (tertiary/aromatic N) is 1. The fourth-order valence-corrected chi connectivity index (χ4v) is 0.948. The fourth-order valence-electron chi connectivity index (χ4n) is 0.948. The van der Waals surface area contributed by atoms with E-state index < -0.39 is 0 Å². The van der Waals surface area contributed by atoms with Gasteiger partial charge in [-0.2, -0.15) is 5.10 Å². The predicted octanol–water partition coefficient (Wildman–Crippen LogP) is 2.80. The van der Waals surface area contributed by atoms with E-state index in [4.69, 9.17) is 0 Å². The highest BCUT2D eigenvalue weighted by molar-refractivity contribution is 5.81. The van der Waals surface area contributed by atoms with Gasteiger partial charge in [-0.1, -0.05) is 20.8 Å². The summed E-state index contributed by atoms with van der Waals surface area (Å²) in [6.45, 7) is 10.8. The molecule has 12 heavy (non-hydrogen) atoms. The minimum absolute atomic E-state index is 0.493. The van der Waals surface area contributed by atoms with Gasteiger partial charge >= 0.3 is 0 Å². The van der Waals surface area contributed by atoms with Crippen LogP contribution < -0.4 is 5.43 Å². The molecule has 0 amide bonds. The Morgan fingerprint density at radius 3 is 2.33 bits per heavy atom. The summed E-state index contributed by atoms with van der Waals surface area (Å²) < 4.78 is 0. The van der Waals surface area contributed by atoms with Crippen molar-refractivity contribution < 1.29 is 0 Å². The maximum absolute atomic E-state index is 4.30. The Kier molecular flexibility index (Phi) is 5.77. The molecule has 1 N–H and O–H groups in total. The molecule has 2 nitrogen and oxygen atoms in total. The molecule has 0 saturated heterocycles. The molecule has 0 aromatic carbocycles. The molecule has 0 fully saturated rings. The van der Waals surface area contributed by atoms with Crippen LogP contribution in [-0.2, 0) is 0 Å². The Morgan fingerprint density at radius 1 is 1.33 bits per heavy atom. The van der Waals surface area contributed by atoms with Gasteiger partial charge in [-0.05, 0) is 32.6 Å². The standard InChI is InChI=1S/C10H22N2/c1-6-9(4)11-12-10(5)7-8(2)3/h8-9,11H,6-7H2,1-5H3. The number of hydrogen-bond acceptors (Lipinski definition) is 2. The van der Waals surface area contributed by atoms with Crippen LogP contribution in [0.5, 0.6) is 0 Å². The van der Waals surface area contributed by atoms with Crippen molar-refractivity contribution in [3.8, 4) is 0 Å². The van der Waals surface area contributed by atoms with Crippen LogP contribution in [0.3, 0.4) is 0 Å². The molecule has 0 aliphatic carbocycles. The van der Waals surface area contributed by atoms with Crippen LogP contribution in [0.1, 0.15) is 47.5 Å². The van der Waals surface area contributed by atoms with E-state index in [1.54, 1.807) is 0 Å². The summed E-state index contributed by atoms with van der Waals surface area (Å²) in [6, 6.07) is 0.493. The van der Waals surface area contributed by atoms with Crippen LogP contribution in [0.15, 0.2) is 5.10 Å². The van der Waals surface area contributed by atoms with Crippen LogP contribution in [0.2, 0.25) is 0 Å². The minimum Gasteiger partial charge on any atom is -0.307 e. The van der Waals surface area contributed by atoms with Crippen molar-refractivity contribution in [2.45, 2.75) is 53.5 Å². The van der Waals surface area contributed by atoms with E-state index in [1.807, 2.05) is 0 Å². The second-order valence-corrected chi connectivity index (χ2v) is 3.88. The average Bonchev–Trinajstić information content (AvgIpc) is 1.99. The molecule has 0 bridgehead atoms. The lowest BCUT2D eigenvalue weighted by atomic mass is 10.1. The van der Waals surface area contributed by atoms with E-state index in [0.717, 1.165) is 12.8 Å². The molecule has 0 saturated carbocycles. The molecular weight excluding hydrogens is 148 g/mol. The Hall–Kier alpha value is -0.530. The van der Waals surface area contributed by atoms with Gasteiger partial charge in [-0.3, -0.25) is 0 Å². The highest BCUT2D eigenvalue weighted by Gasteiger charge is 1.98. The smallest absolute Gasteiger partial charge is 0.0409 e. The van der Waals surface area contributed by atoms with Gasteiger partial charge in [0, 0.05) is 11.8 Å². The third kappa shape index (κ3) is 6.20. The van der Waals surface area contributed by atoms with Gasteiger partial charge in [0.15, 0.2) is 0 Å². The van der Waals surface area contributed by atoms with Gasteiger partial charge < -0.3 is 5.43 Å². The van der Waals surface area contributed by atoms with Gasteiger partial charge in [0.1, 0.15) is 0 Å². The van der Waals surface area contributed by atoms with Crippen molar-refractivity contribution in [2.24, 2.45) is 11.0 Å². The van der Waals surface area contributed by atoms with Crippen LogP contribution >= 0.6 is 0 Å². The summed E-state index contributed by atoms with van der Waals surface area (Å²) in [5, 5.41) is 4.30. The maximum Gasteiger partial charge on any atom is 0.0409 e. The molecule has 72 valence electrons. The lowest BCUT2D eigenvalue weighted by Gasteiger charge is -2.09. The van der Waals surface area contributed by atoms with Gasteiger partial charge in [-0.25, -0.2) is 0 Å². The highest BCUT2D eigenvalue weighted by atomic mass is 15.3. The lowest BCUT2D eigenvalue weighted by Crippen LogP contribution is -2.20. The Labute approximate surface area is 76.4 Å². The summed E-state index contributed by atoms with van der Waals surface area (Å²) in [6.07, 6.45) is 2.21. The molecule has 0 aliphatic heterocycles. The van der Waals surface area contributed by atoms with E-state index >= 15 is 0 Å². The third-order valence-electron chi connectivity index (χ3n) is 1.79. The summed E-state index contributed by atoms with van der Waals surface area (Å²) in [4.78, 5) is 0. The number of nitrogens with one attached hydrogen (secondary N) is 1. The molecule has 2 heteroatoms. The Balaban J connectivity index is 3.68. The normalized spacial score (nSPS) is 15.0. The molecule has 1 atom stereocenters. The van der Waals surface area contributed by atoms with Crippen molar-refractivity contribution in [2.75, 3.05) is 0 Å². The van der Waals surface area contributed by atoms with Gasteiger partial charge in [0.05, 0.1) is 0 Å². The largest absolute Gasteiger partial charge is 0.307 e. The average molecular weight is 170 g/mol. The van der Waals surface area contributed by atoms with Crippen LogP contribution in [-0.4, -0.2) is 11.8 Å². The molecule has 0 aromatic heterocycles. The molecule has 0 heterocycles. The maximum atomic E-state index is 4.30. The zero-order chi connectivity index (χ0) is 9.56. The first kappa shape index (κ1) is 11.5. The molecule has 0 spiro atoms. The minimum atomic E-state index is 0.493. The second-order valence-electron chi connectivity index (χ2n) is 3.88. The number of hydrogen-bond donors (Lipinski definition) is 1. The zero-order valence-electron chi connectivity index (χ0n) is 9.02. The molecular formula is C10H22N2. The summed E-state index contributed by atoms with van der Waals surface area (Å²) >= 11 is 0. The summed E-state index contributed by atoms with van der Waals surface area (Å²) in [5.41, 5.74) is 4.32. The van der Waals surface area contributed by atoms with Crippen molar-refractivity contribution in [3.05, 3.63) is 0 Å². The van der Waals surface area contributed by atoms with E-state index in [9.17, 15) is 0 Å². The molecule has 0 rings (SSSR count). The van der Waals surface area contributed by atoms with Crippen LogP contribution in [0, 0.1) is 5.92 Å². The lowest BCUT2D eigenvalue weighted by molar-refractivity contribution is 0.553. The van der Waals surface area contributed by atoms with E-state index in [1.165, 1.54) is 5.71 Å². The molecule has 0 aliphatic rings. The first-order valence-electron chi connectivity index (χ1n) is 4.85. The van der Waals surface area contributed by atoms with E-state index in [2.05, 4.69) is 45.1 Å². The van der Waals surface area contributed by atoms with Crippen molar-refractivity contribution in [1.82, 2.24) is 5.43 Å². The van der Waals surface area contributed by atoms with E-state index in [-0.39, 0.29) is 0 Å². The van der Waals surface area contributed by atoms with Gasteiger partial charge in [0.25, 0.3) is 0 Å². The first-order chi connectivity index (χ1) is 5.56.